The van der Waals surface area contributed by atoms with Crippen molar-refractivity contribution in [1.29, 1.82) is 0 Å². The highest BCUT2D eigenvalue weighted by molar-refractivity contribution is 5.80. The average molecular weight is 371 g/mol. The first-order chi connectivity index (χ1) is 13.7. The average Bonchev–Trinajstić information content (AvgIpc) is 3.57. The number of aromatic nitrogens is 2. The van der Waals surface area contributed by atoms with Gasteiger partial charge in [0.25, 0.3) is 0 Å². The molecule has 1 aliphatic rings. The first-order valence-corrected chi connectivity index (χ1v) is 10.0. The number of nitrogens with zero attached hydrogens (tertiary/aromatic N) is 2. The maximum atomic E-state index is 12.5. The second kappa shape index (κ2) is 8.34. The highest BCUT2D eigenvalue weighted by Crippen LogP contribution is 2.29. The first kappa shape index (κ1) is 18.4. The Balaban J connectivity index is 1.66. The van der Waals surface area contributed by atoms with Gasteiger partial charge in [-0.25, -0.2) is 4.98 Å². The Morgan fingerprint density at radius 2 is 1.61 bits per heavy atom. The Morgan fingerprint density at radius 3 is 2.18 bits per heavy atom. The van der Waals surface area contributed by atoms with Gasteiger partial charge in [0.15, 0.2) is 0 Å². The van der Waals surface area contributed by atoms with Crippen LogP contribution in [0.2, 0.25) is 0 Å². The lowest BCUT2D eigenvalue weighted by molar-refractivity contribution is -0.125. The van der Waals surface area contributed by atoms with Crippen molar-refractivity contribution in [2.45, 2.75) is 38.6 Å². The van der Waals surface area contributed by atoms with Crippen LogP contribution in [-0.2, 0) is 11.2 Å². The van der Waals surface area contributed by atoms with E-state index in [4.69, 9.17) is 9.97 Å². The van der Waals surface area contributed by atoms with Crippen molar-refractivity contribution in [1.82, 2.24) is 15.3 Å². The Morgan fingerprint density at radius 1 is 1.00 bits per heavy atom. The fraction of sp³-hybridized carbons (Fsp3) is 0.292. The largest absolute Gasteiger partial charge is 0.353 e. The van der Waals surface area contributed by atoms with E-state index in [1.54, 1.807) is 0 Å². The number of rotatable bonds is 7. The monoisotopic (exact) mass is 371 g/mol. The highest BCUT2D eigenvalue weighted by atomic mass is 16.2. The molecule has 0 aliphatic heterocycles. The third kappa shape index (κ3) is 4.28. The van der Waals surface area contributed by atoms with Gasteiger partial charge in [0, 0.05) is 35.7 Å². The Bertz CT molecular complexity index is 937. The molecule has 2 aromatic carbocycles. The summed E-state index contributed by atoms with van der Waals surface area (Å²) in [5, 5.41) is 3.12. The van der Waals surface area contributed by atoms with Crippen LogP contribution < -0.4 is 5.32 Å². The molecule has 0 saturated heterocycles. The van der Waals surface area contributed by atoms with E-state index in [9.17, 15) is 4.79 Å². The van der Waals surface area contributed by atoms with Crippen molar-refractivity contribution in [2.75, 3.05) is 0 Å². The third-order valence-corrected chi connectivity index (χ3v) is 5.16. The van der Waals surface area contributed by atoms with Crippen molar-refractivity contribution in [2.24, 2.45) is 5.92 Å². The van der Waals surface area contributed by atoms with Crippen molar-refractivity contribution in [3.8, 4) is 22.5 Å². The van der Waals surface area contributed by atoms with Crippen LogP contribution in [0.15, 0.2) is 66.9 Å². The fourth-order valence-corrected chi connectivity index (χ4v) is 3.35. The van der Waals surface area contributed by atoms with Gasteiger partial charge in [-0.1, -0.05) is 67.6 Å². The van der Waals surface area contributed by atoms with Gasteiger partial charge in [0.1, 0.15) is 0 Å². The maximum Gasteiger partial charge on any atom is 0.223 e. The van der Waals surface area contributed by atoms with Gasteiger partial charge < -0.3 is 5.32 Å². The Kier molecular flexibility index (Phi) is 5.47. The van der Waals surface area contributed by atoms with E-state index in [0.717, 1.165) is 47.5 Å². The van der Waals surface area contributed by atoms with E-state index < -0.39 is 0 Å². The number of carbonyl (C=O) groups excluding carboxylic acids is 1. The molecular formula is C24H25N3O. The predicted molar refractivity (Wildman–Crippen MR) is 112 cm³/mol. The molecule has 3 aromatic rings. The highest BCUT2D eigenvalue weighted by Gasteiger charge is 2.27. The molecule has 4 heteroatoms. The van der Waals surface area contributed by atoms with Crippen molar-refractivity contribution in [3.05, 3.63) is 72.6 Å². The van der Waals surface area contributed by atoms with Gasteiger partial charge in [0.2, 0.25) is 5.91 Å². The first-order valence-electron chi connectivity index (χ1n) is 10.0. The summed E-state index contributed by atoms with van der Waals surface area (Å²) in [6.07, 6.45) is 5.43. The second-order valence-electron chi connectivity index (χ2n) is 7.38. The summed E-state index contributed by atoms with van der Waals surface area (Å²) in [6, 6.07) is 20.6. The van der Waals surface area contributed by atoms with Crippen LogP contribution >= 0.6 is 0 Å². The maximum absolute atomic E-state index is 12.5. The molecular weight excluding hydrogens is 346 g/mol. The molecule has 1 amide bonds. The Hall–Kier alpha value is -3.01. The number of hydrogen-bond donors (Lipinski definition) is 1. The predicted octanol–water partition coefficient (Wildman–Crippen LogP) is 4.66. The molecule has 4 nitrogen and oxygen atoms in total. The Labute approximate surface area is 166 Å². The van der Waals surface area contributed by atoms with E-state index in [0.29, 0.717) is 12.5 Å². The zero-order chi connectivity index (χ0) is 19.3. The summed E-state index contributed by atoms with van der Waals surface area (Å²) in [6.45, 7) is 2.06. The van der Waals surface area contributed by atoms with E-state index in [1.807, 2.05) is 54.7 Å². The number of nitrogens with one attached hydrogen (secondary N) is 1. The summed E-state index contributed by atoms with van der Waals surface area (Å²) >= 11 is 0. The van der Waals surface area contributed by atoms with Crippen LogP contribution in [-0.4, -0.2) is 21.9 Å². The molecule has 1 atom stereocenters. The van der Waals surface area contributed by atoms with Gasteiger partial charge in [-0.3, -0.25) is 9.78 Å². The molecule has 4 rings (SSSR count). The summed E-state index contributed by atoms with van der Waals surface area (Å²) in [5.74, 6) is 0.0706. The van der Waals surface area contributed by atoms with E-state index in [1.165, 1.54) is 0 Å². The van der Waals surface area contributed by atoms with Gasteiger partial charge in [0.05, 0.1) is 17.1 Å². The minimum atomic E-state index is -0.0684. The van der Waals surface area contributed by atoms with Crippen molar-refractivity contribution >= 4 is 5.91 Å². The van der Waals surface area contributed by atoms with Gasteiger partial charge in [-0.2, -0.15) is 0 Å². The summed E-state index contributed by atoms with van der Waals surface area (Å²) in [5.41, 5.74) is 4.66. The topological polar surface area (TPSA) is 54.9 Å². The number of hydrogen-bond acceptors (Lipinski definition) is 3. The molecule has 142 valence electrons. The number of amides is 1. The van der Waals surface area contributed by atoms with Crippen LogP contribution in [0, 0.1) is 5.92 Å². The van der Waals surface area contributed by atoms with E-state index in [-0.39, 0.29) is 11.8 Å². The van der Waals surface area contributed by atoms with Gasteiger partial charge >= 0.3 is 0 Å². The van der Waals surface area contributed by atoms with E-state index in [2.05, 4.69) is 24.4 Å². The third-order valence-electron chi connectivity index (χ3n) is 5.16. The molecule has 1 fully saturated rings. The van der Waals surface area contributed by atoms with Crippen LogP contribution in [0.25, 0.3) is 22.5 Å². The molecule has 1 heterocycles. The zero-order valence-electron chi connectivity index (χ0n) is 16.1. The number of carbonyl (C=O) groups is 1. The summed E-state index contributed by atoms with van der Waals surface area (Å²) in [7, 11) is 0. The molecule has 1 N–H and O–H groups in total. The molecule has 0 radical (unpaired) electrons. The smallest absolute Gasteiger partial charge is 0.223 e. The minimum absolute atomic E-state index is 0.0684. The van der Waals surface area contributed by atoms with E-state index >= 15 is 0 Å². The molecule has 1 aliphatic carbocycles. The summed E-state index contributed by atoms with van der Waals surface area (Å²) < 4.78 is 0. The van der Waals surface area contributed by atoms with Crippen LogP contribution in [0.3, 0.4) is 0 Å². The van der Waals surface area contributed by atoms with Crippen LogP contribution in [0.4, 0.5) is 0 Å². The molecule has 1 saturated carbocycles. The lowest BCUT2D eigenvalue weighted by Gasteiger charge is -2.16. The summed E-state index contributed by atoms with van der Waals surface area (Å²) in [4.78, 5) is 22.2. The van der Waals surface area contributed by atoms with Crippen molar-refractivity contribution in [3.63, 3.8) is 0 Å². The second-order valence-corrected chi connectivity index (χ2v) is 7.38. The van der Waals surface area contributed by atoms with Gasteiger partial charge in [-0.05, 0) is 19.3 Å². The van der Waals surface area contributed by atoms with Gasteiger partial charge in [-0.15, -0.1) is 0 Å². The quantitative estimate of drug-likeness (QED) is 0.657. The van der Waals surface area contributed by atoms with Crippen molar-refractivity contribution < 1.29 is 4.79 Å². The zero-order valence-corrected chi connectivity index (χ0v) is 16.1. The molecule has 0 bridgehead atoms. The lowest BCUT2D eigenvalue weighted by atomic mass is 9.98. The molecule has 1 aromatic heterocycles. The van der Waals surface area contributed by atoms with Crippen LogP contribution in [0.1, 0.15) is 31.9 Å². The SMILES string of the molecule is CCC(Cc1cnc(-c2ccccc2)c(-c2ccccc2)n1)C(=O)NC1CC1. The standard InChI is InChI=1S/C24H25N3O/c1-2-17(24(28)27-20-13-14-20)15-21-16-25-22(18-9-5-3-6-10-18)23(26-21)19-11-7-4-8-12-19/h3-12,16-17,20H,2,13-15H2,1H3,(H,27,28). The minimum Gasteiger partial charge on any atom is -0.353 e. The fourth-order valence-electron chi connectivity index (χ4n) is 3.35. The lowest BCUT2D eigenvalue weighted by Crippen LogP contribution is -2.33. The van der Waals surface area contributed by atoms with Crippen LogP contribution in [0.5, 0.6) is 0 Å². The molecule has 28 heavy (non-hydrogen) atoms. The molecule has 0 spiro atoms. The normalized spacial score (nSPS) is 14.5. The number of benzene rings is 2. The molecule has 1 unspecified atom stereocenters.